The Morgan fingerprint density at radius 2 is 1.14 bits per heavy atom. The number of nitrogens with one attached hydrogen (secondary N) is 2. The summed E-state index contributed by atoms with van der Waals surface area (Å²) in [5.74, 6) is 0. The summed E-state index contributed by atoms with van der Waals surface area (Å²) in [7, 11) is -0.685. The molecule has 224 valence electrons. The van der Waals surface area contributed by atoms with Gasteiger partial charge in [0.25, 0.3) is 10.0 Å². The van der Waals surface area contributed by atoms with Gasteiger partial charge in [-0.2, -0.15) is 10.2 Å². The summed E-state index contributed by atoms with van der Waals surface area (Å²) in [6.45, 7) is 0. The Labute approximate surface area is 300 Å². The molecule has 0 aliphatic carbocycles. The fourth-order valence-electron chi connectivity index (χ4n) is 2.34. The Morgan fingerprint density at radius 1 is 0.721 bits per heavy atom. The average molecular weight is 818 g/mol. The number of azo groups is 1. The first-order chi connectivity index (χ1) is 19.8. The fraction of sp³-hybridized carbons (Fsp3) is 0.0800. The van der Waals surface area contributed by atoms with Crippen molar-refractivity contribution in [2.24, 2.45) is 10.2 Å². The normalized spacial score (nSPS) is 9.81. The van der Waals surface area contributed by atoms with Crippen LogP contribution in [0.5, 0.6) is 0 Å². The van der Waals surface area contributed by atoms with Crippen LogP contribution >= 0.6 is 36.7 Å². The van der Waals surface area contributed by atoms with E-state index in [-0.39, 0.29) is 42.3 Å². The summed E-state index contributed by atoms with van der Waals surface area (Å²) < 4.78 is 28.1. The Kier molecular flexibility index (Phi) is 20.0. The van der Waals surface area contributed by atoms with Crippen LogP contribution in [-0.2, 0) is 57.5 Å². The molecule has 18 heteroatoms. The predicted octanol–water partition coefficient (Wildman–Crippen LogP) is 4.58. The van der Waals surface area contributed by atoms with E-state index in [2.05, 4.69) is 70.0 Å². The molecule has 2 N–H and O–H groups in total. The SMILES string of the molecule is CN(C=O)C(=S)[S-].CN(C=O)C(=S)[S-].O=S(=O)(Nc1ccc(N=Nc2ccccc2)cc1)c1ccc(NC(=S)[S-])cc1.[Sb+3]. The average Bonchev–Trinajstić information content (AvgIpc) is 2.96. The monoisotopic (exact) mass is 816 g/mol. The number of carbonyl (C=O) groups is 2. The molecule has 2 radical (unpaired) electrons. The van der Waals surface area contributed by atoms with Gasteiger partial charge in [0.15, 0.2) is 0 Å². The number of rotatable bonds is 8. The zero-order valence-electron chi connectivity index (χ0n) is 22.4. The van der Waals surface area contributed by atoms with Gasteiger partial charge in [-0.15, -0.1) is 0 Å². The Hall–Kier alpha value is -2.50. The van der Waals surface area contributed by atoms with Crippen LogP contribution in [0, 0.1) is 0 Å². The molecule has 3 rings (SSSR count). The molecule has 3 aromatic rings. The van der Waals surface area contributed by atoms with E-state index < -0.39 is 10.0 Å². The first-order valence-electron chi connectivity index (χ1n) is 11.2. The smallest absolute Gasteiger partial charge is 0.411 e. The molecule has 0 aromatic heterocycles. The Bertz CT molecular complexity index is 1470. The van der Waals surface area contributed by atoms with Crippen LogP contribution in [-0.4, -0.2) is 82.5 Å². The third-order valence-electron chi connectivity index (χ3n) is 4.46. The number of sulfonamides is 1. The van der Waals surface area contributed by atoms with Gasteiger partial charge in [-0.05, 0) is 60.7 Å². The number of benzene rings is 3. The molecular formula is C25H23N6O4S7Sb. The maximum Gasteiger partial charge on any atom is 3.00 e. The minimum Gasteiger partial charge on any atom is -0.411 e. The maximum atomic E-state index is 12.5. The van der Waals surface area contributed by atoms with Crippen molar-refractivity contribution in [3.63, 3.8) is 0 Å². The molecule has 0 aliphatic rings. The number of amides is 2. The fourth-order valence-corrected chi connectivity index (χ4v) is 3.81. The minimum absolute atomic E-state index is 0. The van der Waals surface area contributed by atoms with Crippen molar-refractivity contribution in [2.75, 3.05) is 24.1 Å². The molecule has 0 spiro atoms. The van der Waals surface area contributed by atoms with Gasteiger partial charge in [-0.25, -0.2) is 8.42 Å². The van der Waals surface area contributed by atoms with Crippen molar-refractivity contribution in [3.05, 3.63) is 78.9 Å². The summed E-state index contributed by atoms with van der Waals surface area (Å²) in [6.07, 6.45) is 1.16. The zero-order chi connectivity index (χ0) is 31.7. The topological polar surface area (TPSA) is 124 Å². The summed E-state index contributed by atoms with van der Waals surface area (Å²) in [5, 5.41) is 11.0. The van der Waals surface area contributed by atoms with Gasteiger partial charge < -0.3 is 89.7 Å². The van der Waals surface area contributed by atoms with Crippen molar-refractivity contribution in [2.45, 2.75) is 4.90 Å². The van der Waals surface area contributed by atoms with Crippen molar-refractivity contribution in [3.8, 4) is 0 Å². The van der Waals surface area contributed by atoms with Crippen molar-refractivity contribution in [1.29, 1.82) is 0 Å². The number of hydrogen-bond donors (Lipinski definition) is 2. The first-order valence-corrected chi connectivity index (χ1v) is 15.2. The molecule has 0 heterocycles. The zero-order valence-corrected chi connectivity index (χ0v) is 30.7. The van der Waals surface area contributed by atoms with Crippen LogP contribution in [0.3, 0.4) is 0 Å². The molecule has 2 amide bonds. The van der Waals surface area contributed by atoms with E-state index in [4.69, 9.17) is 24.8 Å². The van der Waals surface area contributed by atoms with Crippen molar-refractivity contribution < 1.29 is 18.0 Å². The van der Waals surface area contributed by atoms with E-state index in [9.17, 15) is 18.0 Å². The number of carbonyl (C=O) groups excluding carboxylic acids is 2. The van der Waals surface area contributed by atoms with E-state index in [1.807, 2.05) is 30.3 Å². The molecule has 0 bridgehead atoms. The van der Waals surface area contributed by atoms with Gasteiger partial charge in [-0.3, -0.25) is 14.3 Å². The molecule has 43 heavy (non-hydrogen) atoms. The molecular weight excluding hydrogens is 795 g/mol. The minimum atomic E-state index is -3.72. The Morgan fingerprint density at radius 3 is 1.51 bits per heavy atom. The molecule has 10 nitrogen and oxygen atoms in total. The summed E-state index contributed by atoms with van der Waals surface area (Å²) in [5.41, 5.74) is 2.41. The second kappa shape index (κ2) is 21.2. The van der Waals surface area contributed by atoms with Gasteiger partial charge in [0.1, 0.15) is 0 Å². The molecule has 0 fully saturated rings. The van der Waals surface area contributed by atoms with E-state index in [1.165, 1.54) is 26.2 Å². The largest absolute Gasteiger partial charge is 3.00 e. The number of anilines is 2. The van der Waals surface area contributed by atoms with E-state index in [0.717, 1.165) is 15.5 Å². The van der Waals surface area contributed by atoms with Crippen molar-refractivity contribution >= 4 is 158 Å². The first kappa shape index (κ1) is 40.5. The molecule has 0 saturated carbocycles. The van der Waals surface area contributed by atoms with Crippen LogP contribution in [0.4, 0.5) is 22.7 Å². The van der Waals surface area contributed by atoms with Gasteiger partial charge in [0, 0.05) is 25.5 Å². The molecule has 0 saturated heterocycles. The van der Waals surface area contributed by atoms with Crippen LogP contribution in [0.1, 0.15) is 0 Å². The van der Waals surface area contributed by atoms with Gasteiger partial charge in [-0.1, -0.05) is 31.2 Å². The standard InChI is InChI=1S/C19H16N4O2S3.2C3H5NOS2.Sb/c24-28(25,18-12-10-14(11-13-18)20-19(26)27)23-17-8-6-16(7-9-17)22-21-15-4-2-1-3-5-15;2*1-4(2-5)3(6)7;/h1-13,23H,(H2,20,26,27);2*2H,1H3,(H,6,7);/q;;;+3/p-3. The van der Waals surface area contributed by atoms with Gasteiger partial charge >= 0.3 is 24.4 Å². The molecule has 0 atom stereocenters. The maximum absolute atomic E-state index is 12.5. The van der Waals surface area contributed by atoms with Crippen LogP contribution < -0.4 is 10.0 Å². The molecule has 0 unspecified atom stereocenters. The Balaban J connectivity index is 0.000000980. The number of nitrogens with zero attached hydrogens (tertiary/aromatic N) is 4. The van der Waals surface area contributed by atoms with Crippen LogP contribution in [0.2, 0.25) is 0 Å². The van der Waals surface area contributed by atoms with Gasteiger partial charge in [0.05, 0.1) is 16.3 Å². The summed E-state index contributed by atoms with van der Waals surface area (Å²) in [4.78, 5) is 21.9. The quantitative estimate of drug-likeness (QED) is 0.109. The van der Waals surface area contributed by atoms with Crippen molar-refractivity contribution in [1.82, 2.24) is 9.80 Å². The predicted molar refractivity (Wildman–Crippen MR) is 191 cm³/mol. The number of thiocarbonyl (C=S) groups is 3. The van der Waals surface area contributed by atoms with E-state index in [1.54, 1.807) is 36.4 Å². The van der Waals surface area contributed by atoms with Gasteiger partial charge in [0.2, 0.25) is 12.8 Å². The van der Waals surface area contributed by atoms with E-state index >= 15 is 0 Å². The summed E-state index contributed by atoms with van der Waals surface area (Å²) in [6, 6.07) is 22.1. The molecule has 0 aliphatic heterocycles. The molecule has 3 aromatic carbocycles. The van der Waals surface area contributed by atoms with Crippen LogP contribution in [0.25, 0.3) is 0 Å². The third-order valence-corrected chi connectivity index (χ3v) is 7.21. The second-order valence-corrected chi connectivity index (χ2v) is 12.4. The third kappa shape index (κ3) is 16.8. The number of hydrogen-bond acceptors (Lipinski definition) is 12. The second-order valence-electron chi connectivity index (χ2n) is 7.59. The van der Waals surface area contributed by atoms with Crippen LogP contribution in [0.15, 0.2) is 94.0 Å². The van der Waals surface area contributed by atoms with E-state index in [0.29, 0.717) is 29.9 Å². The summed E-state index contributed by atoms with van der Waals surface area (Å²) >= 11 is 27.3.